The molecule has 0 saturated carbocycles. The SMILES string of the molecule is CCOC(=O)c1ccc(N2CCN(C(=O)c3ccc(COc4ccc(C)cc4C)o3)CC2)nc1. The predicted molar refractivity (Wildman–Crippen MR) is 127 cm³/mol. The summed E-state index contributed by atoms with van der Waals surface area (Å²) in [5.74, 6) is 1.97. The summed E-state index contributed by atoms with van der Waals surface area (Å²) in [5, 5.41) is 0. The number of rotatable bonds is 7. The molecular weight excluding hydrogens is 434 g/mol. The molecule has 3 aromatic rings. The summed E-state index contributed by atoms with van der Waals surface area (Å²) in [6.45, 7) is 8.78. The molecule has 2 aromatic heterocycles. The van der Waals surface area contributed by atoms with Crippen molar-refractivity contribution in [2.75, 3.05) is 37.7 Å². The molecule has 4 rings (SSSR count). The van der Waals surface area contributed by atoms with E-state index in [-0.39, 0.29) is 18.5 Å². The molecule has 34 heavy (non-hydrogen) atoms. The number of aryl methyl sites for hydroxylation is 2. The number of pyridine rings is 1. The minimum Gasteiger partial charge on any atom is -0.485 e. The number of carbonyl (C=O) groups excluding carboxylic acids is 2. The van der Waals surface area contributed by atoms with E-state index in [9.17, 15) is 9.59 Å². The third-order valence-electron chi connectivity index (χ3n) is 5.72. The van der Waals surface area contributed by atoms with Crippen LogP contribution >= 0.6 is 0 Å². The fourth-order valence-corrected chi connectivity index (χ4v) is 3.88. The first-order chi connectivity index (χ1) is 16.4. The predicted octanol–water partition coefficient (Wildman–Crippen LogP) is 4.01. The monoisotopic (exact) mass is 463 g/mol. The Morgan fingerprint density at radius 3 is 2.50 bits per heavy atom. The zero-order valence-corrected chi connectivity index (χ0v) is 19.7. The number of piperazine rings is 1. The molecule has 8 heteroatoms. The highest BCUT2D eigenvalue weighted by molar-refractivity contribution is 5.91. The van der Waals surface area contributed by atoms with E-state index in [0.717, 1.165) is 17.1 Å². The Morgan fingerprint density at radius 1 is 1.03 bits per heavy atom. The summed E-state index contributed by atoms with van der Waals surface area (Å²) in [7, 11) is 0. The summed E-state index contributed by atoms with van der Waals surface area (Å²) >= 11 is 0. The Morgan fingerprint density at radius 2 is 1.82 bits per heavy atom. The maximum absolute atomic E-state index is 12.9. The van der Waals surface area contributed by atoms with Gasteiger partial charge in [0.25, 0.3) is 5.91 Å². The second-order valence-electron chi connectivity index (χ2n) is 8.23. The van der Waals surface area contributed by atoms with E-state index in [0.29, 0.717) is 49.9 Å². The summed E-state index contributed by atoms with van der Waals surface area (Å²) in [6, 6.07) is 13.0. The molecule has 1 aliphatic heterocycles. The molecule has 0 aliphatic carbocycles. The molecule has 1 saturated heterocycles. The number of carbonyl (C=O) groups is 2. The maximum atomic E-state index is 12.9. The third-order valence-corrected chi connectivity index (χ3v) is 5.72. The van der Waals surface area contributed by atoms with Gasteiger partial charge < -0.3 is 23.7 Å². The van der Waals surface area contributed by atoms with Crippen molar-refractivity contribution in [3.63, 3.8) is 0 Å². The van der Waals surface area contributed by atoms with Gasteiger partial charge in [-0.1, -0.05) is 17.7 Å². The molecule has 1 aromatic carbocycles. The highest BCUT2D eigenvalue weighted by atomic mass is 16.5. The largest absolute Gasteiger partial charge is 0.485 e. The van der Waals surface area contributed by atoms with Gasteiger partial charge in [0.1, 0.15) is 23.9 Å². The third kappa shape index (κ3) is 5.39. The Labute approximate surface area is 199 Å². The Bertz CT molecular complexity index is 1150. The van der Waals surface area contributed by atoms with Gasteiger partial charge in [0.2, 0.25) is 0 Å². The molecule has 1 amide bonds. The lowest BCUT2D eigenvalue weighted by molar-refractivity contribution is 0.0525. The Balaban J connectivity index is 1.30. The summed E-state index contributed by atoms with van der Waals surface area (Å²) in [5.41, 5.74) is 2.67. The van der Waals surface area contributed by atoms with Crippen LogP contribution in [0.1, 0.15) is 44.7 Å². The minimum absolute atomic E-state index is 0.136. The topological polar surface area (TPSA) is 85.1 Å². The molecule has 0 atom stereocenters. The Kier molecular flexibility index (Phi) is 7.15. The lowest BCUT2D eigenvalue weighted by Crippen LogP contribution is -2.49. The first-order valence-electron chi connectivity index (χ1n) is 11.4. The fourth-order valence-electron chi connectivity index (χ4n) is 3.88. The van der Waals surface area contributed by atoms with Crippen LogP contribution < -0.4 is 9.64 Å². The van der Waals surface area contributed by atoms with Crippen molar-refractivity contribution in [3.8, 4) is 5.75 Å². The van der Waals surface area contributed by atoms with Crippen LogP contribution in [0.25, 0.3) is 0 Å². The highest BCUT2D eigenvalue weighted by Gasteiger charge is 2.25. The molecule has 0 spiro atoms. The molecule has 178 valence electrons. The molecule has 0 N–H and O–H groups in total. The van der Waals surface area contributed by atoms with Crippen LogP contribution in [-0.2, 0) is 11.3 Å². The van der Waals surface area contributed by atoms with Gasteiger partial charge in [-0.25, -0.2) is 9.78 Å². The summed E-state index contributed by atoms with van der Waals surface area (Å²) in [4.78, 5) is 32.9. The van der Waals surface area contributed by atoms with E-state index in [1.54, 1.807) is 36.1 Å². The molecule has 3 heterocycles. The normalized spacial score (nSPS) is 13.6. The van der Waals surface area contributed by atoms with E-state index in [1.807, 2.05) is 26.0 Å². The van der Waals surface area contributed by atoms with Crippen LogP contribution in [0, 0.1) is 13.8 Å². The van der Waals surface area contributed by atoms with Gasteiger partial charge in [0.15, 0.2) is 5.76 Å². The zero-order valence-electron chi connectivity index (χ0n) is 19.7. The number of benzene rings is 1. The van der Waals surface area contributed by atoms with Gasteiger partial charge in [-0.3, -0.25) is 4.79 Å². The molecule has 1 aliphatic rings. The van der Waals surface area contributed by atoms with Gasteiger partial charge in [-0.05, 0) is 56.7 Å². The van der Waals surface area contributed by atoms with Gasteiger partial charge in [0, 0.05) is 32.4 Å². The van der Waals surface area contributed by atoms with Crippen LogP contribution in [-0.4, -0.2) is 54.5 Å². The number of amides is 1. The van der Waals surface area contributed by atoms with E-state index in [1.165, 1.54) is 11.8 Å². The van der Waals surface area contributed by atoms with E-state index >= 15 is 0 Å². The second-order valence-corrected chi connectivity index (χ2v) is 8.23. The molecule has 0 bridgehead atoms. The lowest BCUT2D eigenvalue weighted by atomic mass is 10.1. The van der Waals surface area contributed by atoms with Crippen molar-refractivity contribution < 1.29 is 23.5 Å². The first kappa shape index (κ1) is 23.4. The zero-order chi connectivity index (χ0) is 24.1. The minimum atomic E-state index is -0.380. The number of furan rings is 1. The average molecular weight is 464 g/mol. The molecule has 0 radical (unpaired) electrons. The molecular formula is C26H29N3O5. The number of esters is 1. The van der Waals surface area contributed by atoms with Crippen molar-refractivity contribution in [1.82, 2.24) is 9.88 Å². The van der Waals surface area contributed by atoms with Crippen molar-refractivity contribution in [1.29, 1.82) is 0 Å². The number of nitrogens with zero attached hydrogens (tertiary/aromatic N) is 3. The number of aromatic nitrogens is 1. The van der Waals surface area contributed by atoms with Gasteiger partial charge in [0.05, 0.1) is 12.2 Å². The van der Waals surface area contributed by atoms with Gasteiger partial charge in [-0.15, -0.1) is 0 Å². The van der Waals surface area contributed by atoms with Crippen LogP contribution in [0.3, 0.4) is 0 Å². The summed E-state index contributed by atoms with van der Waals surface area (Å²) in [6.07, 6.45) is 1.52. The van der Waals surface area contributed by atoms with Crippen molar-refractivity contribution in [2.24, 2.45) is 0 Å². The standard InChI is InChI=1S/C26H29N3O5/c1-4-32-26(31)20-6-10-24(27-16-20)28-11-13-29(14-12-28)25(30)23-9-7-21(34-23)17-33-22-8-5-18(2)15-19(22)3/h5-10,15-16H,4,11-14,17H2,1-3H3. The van der Waals surface area contributed by atoms with Crippen molar-refractivity contribution in [3.05, 3.63) is 76.9 Å². The quantitative estimate of drug-likeness (QED) is 0.490. The van der Waals surface area contributed by atoms with E-state index in [2.05, 4.69) is 16.0 Å². The fraction of sp³-hybridized carbons (Fsp3) is 0.346. The van der Waals surface area contributed by atoms with Gasteiger partial charge in [-0.2, -0.15) is 0 Å². The summed E-state index contributed by atoms with van der Waals surface area (Å²) < 4.78 is 16.6. The molecule has 1 fully saturated rings. The van der Waals surface area contributed by atoms with Crippen LogP contribution in [0.4, 0.5) is 5.82 Å². The van der Waals surface area contributed by atoms with E-state index < -0.39 is 0 Å². The second kappa shape index (κ2) is 10.4. The van der Waals surface area contributed by atoms with Gasteiger partial charge >= 0.3 is 5.97 Å². The molecule has 0 unspecified atom stereocenters. The maximum Gasteiger partial charge on any atom is 0.339 e. The van der Waals surface area contributed by atoms with Crippen molar-refractivity contribution in [2.45, 2.75) is 27.4 Å². The number of ether oxygens (including phenoxy) is 2. The van der Waals surface area contributed by atoms with Crippen LogP contribution in [0.2, 0.25) is 0 Å². The van der Waals surface area contributed by atoms with Crippen LogP contribution in [0.5, 0.6) is 5.75 Å². The smallest absolute Gasteiger partial charge is 0.339 e. The number of anilines is 1. The molecule has 8 nitrogen and oxygen atoms in total. The highest BCUT2D eigenvalue weighted by Crippen LogP contribution is 2.21. The average Bonchev–Trinajstić information content (AvgIpc) is 3.32. The Hall–Kier alpha value is -3.81. The van der Waals surface area contributed by atoms with Crippen molar-refractivity contribution >= 4 is 17.7 Å². The van der Waals surface area contributed by atoms with Crippen LogP contribution in [0.15, 0.2) is 53.1 Å². The lowest BCUT2D eigenvalue weighted by Gasteiger charge is -2.35. The van der Waals surface area contributed by atoms with E-state index in [4.69, 9.17) is 13.9 Å². The first-order valence-corrected chi connectivity index (χ1v) is 11.4. The number of hydrogen-bond acceptors (Lipinski definition) is 7. The number of hydrogen-bond donors (Lipinski definition) is 0.